The van der Waals surface area contributed by atoms with E-state index in [4.69, 9.17) is 5.73 Å². The molecule has 3 atom stereocenters. The van der Waals surface area contributed by atoms with Gasteiger partial charge < -0.3 is 10.6 Å². The third kappa shape index (κ3) is 2.01. The first-order chi connectivity index (χ1) is 8.75. The first-order valence-corrected chi connectivity index (χ1v) is 6.71. The van der Waals surface area contributed by atoms with E-state index in [2.05, 4.69) is 4.98 Å². The van der Waals surface area contributed by atoms with Gasteiger partial charge in [-0.25, -0.2) is 0 Å². The summed E-state index contributed by atoms with van der Waals surface area (Å²) in [5.74, 6) is 1.14. The van der Waals surface area contributed by atoms with Crippen LogP contribution in [0.1, 0.15) is 29.8 Å². The van der Waals surface area contributed by atoms with Crippen molar-refractivity contribution < 1.29 is 4.79 Å². The molecule has 4 nitrogen and oxygen atoms in total. The molecule has 0 radical (unpaired) electrons. The van der Waals surface area contributed by atoms with Crippen molar-refractivity contribution in [2.45, 2.75) is 25.3 Å². The molecule has 18 heavy (non-hydrogen) atoms. The van der Waals surface area contributed by atoms with Crippen LogP contribution in [-0.4, -0.2) is 34.9 Å². The van der Waals surface area contributed by atoms with E-state index in [1.807, 2.05) is 17.0 Å². The van der Waals surface area contributed by atoms with Gasteiger partial charge >= 0.3 is 0 Å². The highest BCUT2D eigenvalue weighted by atomic mass is 16.2. The van der Waals surface area contributed by atoms with Crippen molar-refractivity contribution in [2.24, 2.45) is 17.6 Å². The summed E-state index contributed by atoms with van der Waals surface area (Å²) in [6.45, 7) is 1.66. The Morgan fingerprint density at radius 3 is 2.94 bits per heavy atom. The van der Waals surface area contributed by atoms with E-state index in [1.165, 1.54) is 12.8 Å². The highest BCUT2D eigenvalue weighted by Crippen LogP contribution is 2.35. The Bertz CT molecular complexity index is 434. The number of pyridine rings is 1. The van der Waals surface area contributed by atoms with Gasteiger partial charge in [0.1, 0.15) is 5.69 Å². The number of hydrogen-bond donors (Lipinski definition) is 1. The van der Waals surface area contributed by atoms with Gasteiger partial charge in [0.05, 0.1) is 0 Å². The Kier molecular flexibility index (Phi) is 3.04. The van der Waals surface area contributed by atoms with Crippen LogP contribution in [0.5, 0.6) is 0 Å². The van der Waals surface area contributed by atoms with Crippen LogP contribution in [0.3, 0.4) is 0 Å². The van der Waals surface area contributed by atoms with Gasteiger partial charge in [-0.2, -0.15) is 0 Å². The molecule has 0 spiro atoms. The van der Waals surface area contributed by atoms with Crippen LogP contribution in [0.15, 0.2) is 24.4 Å². The lowest BCUT2D eigenvalue weighted by Gasteiger charge is -2.29. The maximum atomic E-state index is 12.3. The van der Waals surface area contributed by atoms with Crippen LogP contribution >= 0.6 is 0 Å². The van der Waals surface area contributed by atoms with Crippen molar-refractivity contribution >= 4 is 5.91 Å². The SMILES string of the molecule is NC1CCCC2CN(C(=O)c3ccccn3)CC12. The van der Waals surface area contributed by atoms with E-state index in [9.17, 15) is 4.79 Å². The number of aromatic nitrogens is 1. The molecule has 0 aromatic carbocycles. The largest absolute Gasteiger partial charge is 0.337 e. The van der Waals surface area contributed by atoms with Crippen LogP contribution in [0.2, 0.25) is 0 Å². The smallest absolute Gasteiger partial charge is 0.272 e. The van der Waals surface area contributed by atoms with Crippen LogP contribution < -0.4 is 5.73 Å². The van der Waals surface area contributed by atoms with Gasteiger partial charge in [0, 0.05) is 25.3 Å². The van der Waals surface area contributed by atoms with Gasteiger partial charge in [0.25, 0.3) is 5.91 Å². The van der Waals surface area contributed by atoms with E-state index >= 15 is 0 Å². The molecule has 1 aliphatic carbocycles. The van der Waals surface area contributed by atoms with Gasteiger partial charge in [-0.1, -0.05) is 12.5 Å². The fraction of sp³-hybridized carbons (Fsp3) is 0.571. The highest BCUT2D eigenvalue weighted by Gasteiger charge is 2.40. The number of carbonyl (C=O) groups excluding carboxylic acids is 1. The summed E-state index contributed by atoms with van der Waals surface area (Å²) in [7, 11) is 0. The monoisotopic (exact) mass is 245 g/mol. The molecule has 1 aromatic heterocycles. The number of amides is 1. The molecule has 2 N–H and O–H groups in total. The molecular formula is C14H19N3O. The predicted molar refractivity (Wildman–Crippen MR) is 68.9 cm³/mol. The number of rotatable bonds is 1. The van der Waals surface area contributed by atoms with E-state index in [0.717, 1.165) is 19.5 Å². The lowest BCUT2D eigenvalue weighted by Crippen LogP contribution is -2.38. The molecule has 1 aliphatic heterocycles. The van der Waals surface area contributed by atoms with Gasteiger partial charge in [-0.15, -0.1) is 0 Å². The zero-order valence-electron chi connectivity index (χ0n) is 10.5. The molecule has 2 heterocycles. The Morgan fingerprint density at radius 1 is 1.33 bits per heavy atom. The lowest BCUT2D eigenvalue weighted by atomic mass is 9.78. The average Bonchev–Trinajstić information content (AvgIpc) is 2.84. The maximum Gasteiger partial charge on any atom is 0.272 e. The van der Waals surface area contributed by atoms with E-state index in [1.54, 1.807) is 12.3 Å². The minimum atomic E-state index is 0.0530. The fourth-order valence-electron chi connectivity index (χ4n) is 3.33. The minimum Gasteiger partial charge on any atom is -0.337 e. The number of nitrogens with zero attached hydrogens (tertiary/aromatic N) is 2. The lowest BCUT2D eigenvalue weighted by molar-refractivity contribution is 0.0777. The minimum absolute atomic E-state index is 0.0530. The molecule has 2 aliphatic rings. The zero-order valence-corrected chi connectivity index (χ0v) is 10.5. The van der Waals surface area contributed by atoms with Crippen molar-refractivity contribution in [3.63, 3.8) is 0 Å². The molecule has 96 valence electrons. The summed E-state index contributed by atoms with van der Waals surface area (Å²) in [6.07, 6.45) is 5.19. The Labute approximate surface area is 107 Å². The molecule has 4 heteroatoms. The van der Waals surface area contributed by atoms with Gasteiger partial charge in [0.15, 0.2) is 0 Å². The highest BCUT2D eigenvalue weighted by molar-refractivity contribution is 5.92. The Balaban J connectivity index is 1.74. The standard InChI is InChI=1S/C14H19N3O/c15-12-5-3-4-10-8-17(9-11(10)12)14(18)13-6-1-2-7-16-13/h1-2,6-7,10-12H,3-5,8-9,15H2. The maximum absolute atomic E-state index is 12.3. The molecule has 3 rings (SSSR count). The van der Waals surface area contributed by atoms with E-state index < -0.39 is 0 Å². The summed E-state index contributed by atoms with van der Waals surface area (Å²) in [6, 6.07) is 5.74. The summed E-state index contributed by atoms with van der Waals surface area (Å²) < 4.78 is 0. The van der Waals surface area contributed by atoms with Crippen molar-refractivity contribution in [3.05, 3.63) is 30.1 Å². The number of nitrogens with two attached hydrogens (primary N) is 1. The Hall–Kier alpha value is -1.42. The molecule has 0 bridgehead atoms. The number of carbonyl (C=O) groups is 1. The van der Waals surface area contributed by atoms with Gasteiger partial charge in [0.2, 0.25) is 0 Å². The topological polar surface area (TPSA) is 59.2 Å². The first-order valence-electron chi connectivity index (χ1n) is 6.71. The van der Waals surface area contributed by atoms with E-state index in [0.29, 0.717) is 17.5 Å². The van der Waals surface area contributed by atoms with Crippen molar-refractivity contribution in [2.75, 3.05) is 13.1 Å². The van der Waals surface area contributed by atoms with E-state index in [-0.39, 0.29) is 11.9 Å². The van der Waals surface area contributed by atoms with Crippen molar-refractivity contribution in [1.82, 2.24) is 9.88 Å². The van der Waals surface area contributed by atoms with Crippen LogP contribution in [-0.2, 0) is 0 Å². The normalized spacial score (nSPS) is 31.2. The molecule has 1 saturated heterocycles. The summed E-state index contributed by atoms with van der Waals surface area (Å²) >= 11 is 0. The number of likely N-dealkylation sites (tertiary alicyclic amines) is 1. The molecule has 1 saturated carbocycles. The summed E-state index contributed by atoms with van der Waals surface area (Å²) in [5, 5.41) is 0. The van der Waals surface area contributed by atoms with Crippen molar-refractivity contribution in [3.8, 4) is 0 Å². The molecular weight excluding hydrogens is 226 g/mol. The molecule has 1 aromatic rings. The summed E-state index contributed by atoms with van der Waals surface area (Å²) in [5.41, 5.74) is 6.71. The summed E-state index contributed by atoms with van der Waals surface area (Å²) in [4.78, 5) is 18.4. The quantitative estimate of drug-likeness (QED) is 0.811. The second-order valence-electron chi connectivity index (χ2n) is 5.44. The predicted octanol–water partition coefficient (Wildman–Crippen LogP) is 1.28. The van der Waals surface area contributed by atoms with Gasteiger partial charge in [-0.3, -0.25) is 9.78 Å². The molecule has 2 fully saturated rings. The molecule has 3 unspecified atom stereocenters. The number of fused-ring (bicyclic) bond motifs is 1. The fourth-order valence-corrected chi connectivity index (χ4v) is 3.33. The first kappa shape index (κ1) is 11.7. The third-order valence-corrected chi connectivity index (χ3v) is 4.33. The second-order valence-corrected chi connectivity index (χ2v) is 5.44. The van der Waals surface area contributed by atoms with Crippen LogP contribution in [0, 0.1) is 11.8 Å². The van der Waals surface area contributed by atoms with Gasteiger partial charge in [-0.05, 0) is 36.8 Å². The molecule has 1 amide bonds. The van der Waals surface area contributed by atoms with Crippen LogP contribution in [0.4, 0.5) is 0 Å². The average molecular weight is 245 g/mol. The van der Waals surface area contributed by atoms with Crippen LogP contribution in [0.25, 0.3) is 0 Å². The zero-order chi connectivity index (χ0) is 12.5. The Morgan fingerprint density at radius 2 is 2.22 bits per heavy atom. The number of hydrogen-bond acceptors (Lipinski definition) is 3. The van der Waals surface area contributed by atoms with Crippen molar-refractivity contribution in [1.29, 1.82) is 0 Å². The second kappa shape index (κ2) is 4.69. The third-order valence-electron chi connectivity index (χ3n) is 4.33.